The summed E-state index contributed by atoms with van der Waals surface area (Å²) in [7, 11) is 1.81. The quantitative estimate of drug-likeness (QED) is 0.816. The number of carbonyl (C=O) groups is 1. The average molecular weight is 235 g/mol. The summed E-state index contributed by atoms with van der Waals surface area (Å²) < 4.78 is 4.97. The summed E-state index contributed by atoms with van der Waals surface area (Å²) in [5.41, 5.74) is 1.02. The maximum atomic E-state index is 11.8. The van der Waals surface area contributed by atoms with E-state index in [4.69, 9.17) is 4.42 Å². The number of rotatable bonds is 4. The lowest BCUT2D eigenvalue weighted by atomic mass is 10.3. The Morgan fingerprint density at radius 2 is 2.38 bits per heavy atom. The lowest BCUT2D eigenvalue weighted by molar-refractivity contribution is -0.129. The van der Waals surface area contributed by atoms with Gasteiger partial charge in [0.15, 0.2) is 0 Å². The first-order valence-corrected chi connectivity index (χ1v) is 5.91. The van der Waals surface area contributed by atoms with E-state index in [1.807, 2.05) is 30.6 Å². The maximum absolute atomic E-state index is 11.8. The van der Waals surface area contributed by atoms with E-state index < -0.39 is 0 Å². The molecule has 3 nitrogen and oxygen atoms in total. The van der Waals surface area contributed by atoms with Crippen LogP contribution < -0.4 is 0 Å². The number of likely N-dealkylation sites (N-methyl/N-ethyl adjacent to an activating group) is 1. The molecule has 2 rings (SSSR count). The molecule has 0 fully saturated rings. The summed E-state index contributed by atoms with van der Waals surface area (Å²) in [6, 6.07) is 5.81. The molecule has 0 aliphatic carbocycles. The van der Waals surface area contributed by atoms with Crippen LogP contribution in [0.15, 0.2) is 40.5 Å². The molecule has 0 spiro atoms. The second-order valence-electron chi connectivity index (χ2n) is 3.64. The van der Waals surface area contributed by atoms with Crippen molar-refractivity contribution >= 4 is 17.2 Å². The third-order valence-electron chi connectivity index (χ3n) is 2.33. The zero-order valence-electron chi connectivity index (χ0n) is 9.05. The molecule has 2 heterocycles. The minimum Gasteiger partial charge on any atom is -0.472 e. The van der Waals surface area contributed by atoms with Crippen LogP contribution >= 0.6 is 11.3 Å². The molecule has 0 radical (unpaired) electrons. The number of nitrogens with zero attached hydrogens (tertiary/aromatic N) is 1. The van der Waals surface area contributed by atoms with Gasteiger partial charge in [-0.15, -0.1) is 11.3 Å². The number of amides is 1. The van der Waals surface area contributed by atoms with E-state index in [9.17, 15) is 4.79 Å². The topological polar surface area (TPSA) is 33.5 Å². The van der Waals surface area contributed by atoms with Crippen LogP contribution in [-0.4, -0.2) is 17.9 Å². The number of hydrogen-bond acceptors (Lipinski definition) is 3. The molecule has 84 valence electrons. The number of carbonyl (C=O) groups excluding carboxylic acids is 1. The Labute approximate surface area is 98.3 Å². The number of furan rings is 1. The lowest BCUT2D eigenvalue weighted by Gasteiger charge is -2.15. The van der Waals surface area contributed by atoms with Gasteiger partial charge in [0.05, 0.1) is 18.9 Å². The summed E-state index contributed by atoms with van der Waals surface area (Å²) >= 11 is 1.61. The van der Waals surface area contributed by atoms with Crippen molar-refractivity contribution < 1.29 is 9.21 Å². The van der Waals surface area contributed by atoms with Crippen molar-refractivity contribution in [3.05, 3.63) is 46.5 Å². The number of hydrogen-bond donors (Lipinski definition) is 0. The molecule has 0 aliphatic rings. The predicted octanol–water partition coefficient (Wildman–Crippen LogP) is 2.54. The summed E-state index contributed by atoms with van der Waals surface area (Å²) in [6.45, 7) is 0.598. The largest absolute Gasteiger partial charge is 0.472 e. The van der Waals surface area contributed by atoms with Crippen LogP contribution in [0.1, 0.15) is 10.4 Å². The molecule has 2 aromatic heterocycles. The number of thiophene rings is 1. The van der Waals surface area contributed by atoms with Crippen molar-refractivity contribution in [3.8, 4) is 0 Å². The Morgan fingerprint density at radius 1 is 1.50 bits per heavy atom. The highest BCUT2D eigenvalue weighted by Crippen LogP contribution is 2.11. The van der Waals surface area contributed by atoms with Gasteiger partial charge in [0.25, 0.3) is 0 Å². The monoisotopic (exact) mass is 235 g/mol. The molecule has 16 heavy (non-hydrogen) atoms. The van der Waals surface area contributed by atoms with Crippen LogP contribution in [0.2, 0.25) is 0 Å². The van der Waals surface area contributed by atoms with Crippen molar-refractivity contribution in [3.63, 3.8) is 0 Å². The SMILES string of the molecule is CN(Cc1ccoc1)C(=O)Cc1cccs1. The standard InChI is InChI=1S/C12H13NO2S/c1-13(8-10-4-5-15-9-10)12(14)7-11-3-2-6-16-11/h2-6,9H,7-8H2,1H3. The highest BCUT2D eigenvalue weighted by atomic mass is 32.1. The van der Waals surface area contributed by atoms with E-state index in [0.29, 0.717) is 13.0 Å². The predicted molar refractivity (Wildman–Crippen MR) is 63.2 cm³/mol. The molecule has 0 atom stereocenters. The molecule has 0 bridgehead atoms. The Morgan fingerprint density at radius 3 is 3.00 bits per heavy atom. The van der Waals surface area contributed by atoms with Crippen LogP contribution in [0.3, 0.4) is 0 Å². The van der Waals surface area contributed by atoms with Crippen LogP contribution in [0.4, 0.5) is 0 Å². The summed E-state index contributed by atoms with van der Waals surface area (Å²) in [5, 5.41) is 1.98. The van der Waals surface area contributed by atoms with Crippen molar-refractivity contribution in [2.24, 2.45) is 0 Å². The Hall–Kier alpha value is -1.55. The third-order valence-corrected chi connectivity index (χ3v) is 3.21. The lowest BCUT2D eigenvalue weighted by Crippen LogP contribution is -2.27. The first-order valence-electron chi connectivity index (χ1n) is 5.03. The first kappa shape index (κ1) is 11.0. The molecule has 0 unspecified atom stereocenters. The van der Waals surface area contributed by atoms with Crippen LogP contribution in [-0.2, 0) is 17.8 Å². The van der Waals surface area contributed by atoms with Gasteiger partial charge in [0, 0.05) is 24.0 Å². The normalized spacial score (nSPS) is 10.3. The van der Waals surface area contributed by atoms with Gasteiger partial charge in [-0.2, -0.15) is 0 Å². The van der Waals surface area contributed by atoms with Crippen molar-refractivity contribution in [2.75, 3.05) is 7.05 Å². The van der Waals surface area contributed by atoms with Crippen LogP contribution in [0.5, 0.6) is 0 Å². The highest BCUT2D eigenvalue weighted by Gasteiger charge is 2.10. The third kappa shape index (κ3) is 2.73. The molecule has 1 amide bonds. The smallest absolute Gasteiger partial charge is 0.227 e. The summed E-state index contributed by atoms with van der Waals surface area (Å²) in [6.07, 6.45) is 3.76. The van der Waals surface area contributed by atoms with E-state index in [-0.39, 0.29) is 5.91 Å². The van der Waals surface area contributed by atoms with Crippen LogP contribution in [0, 0.1) is 0 Å². The fourth-order valence-electron chi connectivity index (χ4n) is 1.44. The van der Waals surface area contributed by atoms with Gasteiger partial charge < -0.3 is 9.32 Å². The van der Waals surface area contributed by atoms with Gasteiger partial charge in [0.1, 0.15) is 0 Å². The van der Waals surface area contributed by atoms with Gasteiger partial charge in [-0.3, -0.25) is 4.79 Å². The van der Waals surface area contributed by atoms with E-state index in [2.05, 4.69) is 0 Å². The van der Waals surface area contributed by atoms with E-state index in [1.54, 1.807) is 28.8 Å². The van der Waals surface area contributed by atoms with E-state index in [0.717, 1.165) is 10.4 Å². The molecule has 0 N–H and O–H groups in total. The zero-order valence-corrected chi connectivity index (χ0v) is 9.87. The van der Waals surface area contributed by atoms with Gasteiger partial charge in [-0.25, -0.2) is 0 Å². The minimum atomic E-state index is 0.128. The van der Waals surface area contributed by atoms with Gasteiger partial charge in [-0.1, -0.05) is 6.07 Å². The molecule has 0 aromatic carbocycles. The Bertz CT molecular complexity index is 434. The fraction of sp³-hybridized carbons (Fsp3) is 0.250. The highest BCUT2D eigenvalue weighted by molar-refractivity contribution is 7.10. The second kappa shape index (κ2) is 4.99. The maximum Gasteiger partial charge on any atom is 0.227 e. The van der Waals surface area contributed by atoms with Gasteiger partial charge >= 0.3 is 0 Å². The molecular weight excluding hydrogens is 222 g/mol. The van der Waals surface area contributed by atoms with Gasteiger partial charge in [-0.05, 0) is 17.5 Å². The molecule has 4 heteroatoms. The molecule has 0 saturated carbocycles. The summed E-state index contributed by atoms with van der Waals surface area (Å²) in [4.78, 5) is 14.7. The van der Waals surface area contributed by atoms with Crippen molar-refractivity contribution in [2.45, 2.75) is 13.0 Å². The van der Waals surface area contributed by atoms with Crippen molar-refractivity contribution in [1.82, 2.24) is 4.90 Å². The zero-order chi connectivity index (χ0) is 11.4. The Balaban J connectivity index is 1.90. The van der Waals surface area contributed by atoms with Crippen molar-refractivity contribution in [1.29, 1.82) is 0 Å². The average Bonchev–Trinajstić information content (AvgIpc) is 2.90. The van der Waals surface area contributed by atoms with E-state index >= 15 is 0 Å². The minimum absolute atomic E-state index is 0.128. The fourth-order valence-corrected chi connectivity index (χ4v) is 2.14. The van der Waals surface area contributed by atoms with Gasteiger partial charge in [0.2, 0.25) is 5.91 Å². The second-order valence-corrected chi connectivity index (χ2v) is 4.67. The van der Waals surface area contributed by atoms with Crippen LogP contribution in [0.25, 0.3) is 0 Å². The molecular formula is C12H13NO2S. The molecule has 2 aromatic rings. The Kier molecular flexibility index (Phi) is 3.41. The first-order chi connectivity index (χ1) is 7.75. The van der Waals surface area contributed by atoms with E-state index in [1.165, 1.54) is 0 Å². The molecule has 0 aliphatic heterocycles. The molecule has 0 saturated heterocycles. The summed E-state index contributed by atoms with van der Waals surface area (Å²) in [5.74, 6) is 0.128.